The van der Waals surface area contributed by atoms with Gasteiger partial charge in [-0.3, -0.25) is 5.32 Å². The number of carbonyl (C=O) groups excluding carboxylic acids is 1. The fourth-order valence-electron chi connectivity index (χ4n) is 4.39. The minimum atomic E-state index is -0.547. The number of furan rings is 1. The lowest BCUT2D eigenvalue weighted by molar-refractivity contribution is 0.00752. The van der Waals surface area contributed by atoms with Gasteiger partial charge in [-0.05, 0) is 34.0 Å². The summed E-state index contributed by atoms with van der Waals surface area (Å²) in [7, 11) is 0. The van der Waals surface area contributed by atoms with Crippen LogP contribution in [0.4, 0.5) is 10.5 Å². The van der Waals surface area contributed by atoms with Crippen molar-refractivity contribution >= 4 is 34.3 Å². The van der Waals surface area contributed by atoms with Crippen LogP contribution in [0.3, 0.4) is 0 Å². The molecule has 4 aromatic rings. The zero-order chi connectivity index (χ0) is 22.9. The molecule has 0 radical (unpaired) electrons. The van der Waals surface area contributed by atoms with Crippen LogP contribution >= 0.6 is 11.8 Å². The number of ether oxygens (including phenoxy) is 3. The van der Waals surface area contributed by atoms with Gasteiger partial charge in [-0.2, -0.15) is 0 Å². The Balaban J connectivity index is 1.10. The first kappa shape index (κ1) is 21.1. The molecular weight excluding hydrogens is 458 g/mol. The topological polar surface area (TPSA) is 114 Å². The van der Waals surface area contributed by atoms with Crippen LogP contribution in [-0.2, 0) is 20.0 Å². The lowest BCUT2D eigenvalue weighted by atomic mass is 10.1. The van der Waals surface area contributed by atoms with E-state index < -0.39 is 18.3 Å². The second kappa shape index (κ2) is 9.09. The summed E-state index contributed by atoms with van der Waals surface area (Å²) in [5.74, 6) is 1.44. The first-order chi connectivity index (χ1) is 16.8. The Labute approximate surface area is 198 Å². The Bertz CT molecular complexity index is 1290. The fraction of sp³-hybridized carbons (Fsp3) is 0.304. The summed E-state index contributed by atoms with van der Waals surface area (Å²) in [6.07, 6.45) is -0.148. The molecule has 0 aliphatic carbocycles. The molecule has 4 atom stereocenters. The van der Waals surface area contributed by atoms with E-state index in [1.165, 1.54) is 11.8 Å². The molecule has 2 aliphatic rings. The van der Waals surface area contributed by atoms with E-state index in [1.807, 2.05) is 54.6 Å². The number of tetrazole rings is 1. The molecule has 0 bridgehead atoms. The normalized spacial score (nSPS) is 23.8. The highest BCUT2D eigenvalue weighted by Gasteiger charge is 2.51. The van der Waals surface area contributed by atoms with Crippen LogP contribution in [-0.4, -0.2) is 57.8 Å². The molecule has 1 N–H and O–H groups in total. The van der Waals surface area contributed by atoms with Crippen LogP contribution in [0.5, 0.6) is 0 Å². The number of rotatable bonds is 6. The standard InChI is InChI=1S/C23H21N5O5S/c29-23(24-17-9-3-6-14-5-1-2-8-16(14)17)33-19-12-32-20-18(11-31-21(19)20)28-22(25-26-27-28)34-13-15-7-4-10-30-15/h1-10,18-21H,11-13H2,(H,24,29)/t18-,19-,20-,21+/m0/s1. The average molecular weight is 480 g/mol. The number of anilines is 1. The van der Waals surface area contributed by atoms with E-state index >= 15 is 0 Å². The third kappa shape index (κ3) is 4.02. The van der Waals surface area contributed by atoms with Gasteiger partial charge in [-0.25, -0.2) is 9.48 Å². The van der Waals surface area contributed by atoms with Gasteiger partial charge in [0.05, 0.1) is 30.9 Å². The molecule has 6 rings (SSSR count). The summed E-state index contributed by atoms with van der Waals surface area (Å²) in [6.45, 7) is 0.602. The van der Waals surface area contributed by atoms with Gasteiger partial charge in [-0.1, -0.05) is 48.2 Å². The number of amides is 1. The van der Waals surface area contributed by atoms with Crippen molar-refractivity contribution < 1.29 is 23.4 Å². The van der Waals surface area contributed by atoms with Crippen molar-refractivity contribution in [1.29, 1.82) is 0 Å². The molecule has 11 heteroatoms. The number of fused-ring (bicyclic) bond motifs is 2. The summed E-state index contributed by atoms with van der Waals surface area (Å²) >= 11 is 1.47. The van der Waals surface area contributed by atoms with Crippen molar-refractivity contribution in [2.75, 3.05) is 18.5 Å². The van der Waals surface area contributed by atoms with Crippen molar-refractivity contribution in [3.8, 4) is 0 Å². The highest BCUT2D eigenvalue weighted by molar-refractivity contribution is 7.98. The van der Waals surface area contributed by atoms with E-state index in [2.05, 4.69) is 20.8 Å². The Hall–Kier alpha value is -3.41. The third-order valence-electron chi connectivity index (χ3n) is 5.97. The highest BCUT2D eigenvalue weighted by atomic mass is 32.2. The number of thioether (sulfide) groups is 1. The first-order valence-corrected chi connectivity index (χ1v) is 11.9. The summed E-state index contributed by atoms with van der Waals surface area (Å²) in [6, 6.07) is 17.1. The maximum atomic E-state index is 12.7. The van der Waals surface area contributed by atoms with Crippen molar-refractivity contribution in [2.45, 2.75) is 35.3 Å². The molecule has 34 heavy (non-hydrogen) atoms. The van der Waals surface area contributed by atoms with Crippen molar-refractivity contribution in [2.24, 2.45) is 0 Å². The molecule has 10 nitrogen and oxygen atoms in total. The van der Waals surface area contributed by atoms with Crippen LogP contribution < -0.4 is 5.32 Å². The zero-order valence-corrected chi connectivity index (χ0v) is 18.8. The van der Waals surface area contributed by atoms with Crippen LogP contribution in [0.25, 0.3) is 10.8 Å². The predicted octanol–water partition coefficient (Wildman–Crippen LogP) is 3.67. The maximum absolute atomic E-state index is 12.7. The second-order valence-electron chi connectivity index (χ2n) is 8.03. The minimum Gasteiger partial charge on any atom is -0.468 e. The van der Waals surface area contributed by atoms with Crippen molar-refractivity contribution in [3.05, 3.63) is 66.6 Å². The Kier molecular flexibility index (Phi) is 5.65. The molecule has 174 valence electrons. The Morgan fingerprint density at radius 2 is 1.97 bits per heavy atom. The van der Waals surface area contributed by atoms with E-state index in [1.54, 1.807) is 10.9 Å². The average Bonchev–Trinajstić information content (AvgIpc) is 3.64. The van der Waals surface area contributed by atoms with Gasteiger partial charge >= 0.3 is 6.09 Å². The van der Waals surface area contributed by atoms with Gasteiger partial charge in [0.2, 0.25) is 5.16 Å². The largest absolute Gasteiger partial charge is 0.468 e. The van der Waals surface area contributed by atoms with Crippen LogP contribution in [0.2, 0.25) is 0 Å². The van der Waals surface area contributed by atoms with E-state index in [0.29, 0.717) is 23.2 Å². The Morgan fingerprint density at radius 3 is 2.88 bits per heavy atom. The molecule has 0 unspecified atom stereocenters. The molecule has 0 saturated carbocycles. The van der Waals surface area contributed by atoms with E-state index in [0.717, 1.165) is 16.5 Å². The quantitative estimate of drug-likeness (QED) is 0.414. The summed E-state index contributed by atoms with van der Waals surface area (Å²) in [5.41, 5.74) is 0.690. The second-order valence-corrected chi connectivity index (χ2v) is 8.98. The number of aromatic nitrogens is 4. The van der Waals surface area contributed by atoms with Gasteiger partial charge in [0, 0.05) is 5.39 Å². The van der Waals surface area contributed by atoms with Gasteiger partial charge in [0.1, 0.15) is 24.0 Å². The number of nitrogens with zero attached hydrogens (tertiary/aromatic N) is 4. The van der Waals surface area contributed by atoms with Crippen LogP contribution in [0, 0.1) is 0 Å². The molecule has 2 aromatic heterocycles. The number of nitrogens with one attached hydrogen (secondary N) is 1. The van der Waals surface area contributed by atoms with Crippen LogP contribution in [0.15, 0.2) is 70.4 Å². The van der Waals surface area contributed by atoms with Crippen molar-refractivity contribution in [3.63, 3.8) is 0 Å². The number of hydrogen-bond donors (Lipinski definition) is 1. The van der Waals surface area contributed by atoms with E-state index in [9.17, 15) is 4.79 Å². The Morgan fingerprint density at radius 1 is 1.09 bits per heavy atom. The lowest BCUT2D eigenvalue weighted by Crippen LogP contribution is -2.35. The SMILES string of the molecule is O=C(Nc1cccc2ccccc12)O[C@H]1CO[C@@H]2[C@@H]1OC[C@@H]2n1nnnc1SCc1ccco1. The molecule has 2 aromatic carbocycles. The molecule has 4 heterocycles. The van der Waals surface area contributed by atoms with Gasteiger partial charge < -0.3 is 18.6 Å². The third-order valence-corrected chi connectivity index (χ3v) is 6.92. The molecular formula is C23H21N5O5S. The summed E-state index contributed by atoms with van der Waals surface area (Å²) in [4.78, 5) is 12.7. The number of hydrogen-bond acceptors (Lipinski definition) is 9. The van der Waals surface area contributed by atoms with E-state index in [-0.39, 0.29) is 18.8 Å². The van der Waals surface area contributed by atoms with Gasteiger partial charge in [0.25, 0.3) is 0 Å². The molecule has 0 spiro atoms. The first-order valence-electron chi connectivity index (χ1n) is 10.9. The smallest absolute Gasteiger partial charge is 0.412 e. The lowest BCUT2D eigenvalue weighted by Gasteiger charge is -2.18. The fourth-order valence-corrected chi connectivity index (χ4v) is 5.22. The van der Waals surface area contributed by atoms with Crippen LogP contribution in [0.1, 0.15) is 11.8 Å². The maximum Gasteiger partial charge on any atom is 0.412 e. The predicted molar refractivity (Wildman–Crippen MR) is 122 cm³/mol. The molecule has 1 amide bonds. The molecule has 2 fully saturated rings. The van der Waals surface area contributed by atoms with Crippen molar-refractivity contribution in [1.82, 2.24) is 20.2 Å². The number of carbonyl (C=O) groups is 1. The monoisotopic (exact) mass is 479 g/mol. The van der Waals surface area contributed by atoms with Gasteiger partial charge in [0.15, 0.2) is 6.10 Å². The minimum absolute atomic E-state index is 0.214. The molecule has 2 aliphatic heterocycles. The number of benzene rings is 2. The van der Waals surface area contributed by atoms with Gasteiger partial charge in [-0.15, -0.1) is 5.10 Å². The zero-order valence-electron chi connectivity index (χ0n) is 17.9. The van der Waals surface area contributed by atoms with E-state index in [4.69, 9.17) is 18.6 Å². The summed E-state index contributed by atoms with van der Waals surface area (Å²) < 4.78 is 24.7. The summed E-state index contributed by atoms with van der Waals surface area (Å²) in [5, 5.41) is 17.6. The molecule has 2 saturated heterocycles. The highest BCUT2D eigenvalue weighted by Crippen LogP contribution is 2.37.